The Morgan fingerprint density at radius 1 is 0.333 bits per heavy atom. The summed E-state index contributed by atoms with van der Waals surface area (Å²) in [5, 5.41) is 7.24. The number of para-hydroxylation sites is 2. The number of fused-ring (bicyclic) bond motifs is 5. The van der Waals surface area contributed by atoms with Gasteiger partial charge in [-0.15, -0.1) is 0 Å². The van der Waals surface area contributed by atoms with Crippen LogP contribution in [0, 0.1) is 0 Å². The molecule has 0 aliphatic carbocycles. The predicted octanol–water partition coefficient (Wildman–Crippen LogP) is 12.5. The first-order chi connectivity index (χ1) is 25.3. The fourth-order valence-electron chi connectivity index (χ4n) is 7.65. The van der Waals surface area contributed by atoms with E-state index in [1.807, 2.05) is 18.2 Å². The van der Waals surface area contributed by atoms with Crippen molar-refractivity contribution in [2.45, 2.75) is 0 Å². The van der Waals surface area contributed by atoms with Crippen LogP contribution in [0.4, 0.5) is 0 Å². The first kappa shape index (κ1) is 29.1. The van der Waals surface area contributed by atoms with Gasteiger partial charge < -0.3 is 4.57 Å². The molecule has 0 bridgehead atoms. The molecule has 238 valence electrons. The number of hydrogen-bond acceptors (Lipinski definition) is 2. The van der Waals surface area contributed by atoms with Gasteiger partial charge in [-0.05, 0) is 63.0 Å². The van der Waals surface area contributed by atoms with Gasteiger partial charge in [0, 0.05) is 33.2 Å². The molecule has 0 aliphatic heterocycles. The first-order valence-electron chi connectivity index (χ1n) is 17.3. The maximum atomic E-state index is 5.21. The molecule has 3 heteroatoms. The molecule has 2 heterocycles. The van der Waals surface area contributed by atoms with Crippen LogP contribution >= 0.6 is 0 Å². The lowest BCUT2D eigenvalue weighted by Crippen LogP contribution is -1.97. The van der Waals surface area contributed by atoms with Crippen LogP contribution in [0.2, 0.25) is 0 Å². The monoisotopic (exact) mass is 649 g/mol. The minimum Gasteiger partial charge on any atom is -0.309 e. The topological polar surface area (TPSA) is 30.7 Å². The van der Waals surface area contributed by atoms with Crippen molar-refractivity contribution in [3.05, 3.63) is 188 Å². The second kappa shape index (κ2) is 11.9. The second-order valence-electron chi connectivity index (χ2n) is 13.0. The van der Waals surface area contributed by atoms with Crippen LogP contribution < -0.4 is 0 Å². The van der Waals surface area contributed by atoms with Crippen LogP contribution in [0.1, 0.15) is 0 Å². The van der Waals surface area contributed by atoms with Crippen LogP contribution in [-0.2, 0) is 0 Å². The number of hydrogen-bond donors (Lipinski definition) is 0. The van der Waals surface area contributed by atoms with E-state index >= 15 is 0 Å². The lowest BCUT2D eigenvalue weighted by Gasteiger charge is -2.15. The molecule has 51 heavy (non-hydrogen) atoms. The minimum absolute atomic E-state index is 0.713. The van der Waals surface area contributed by atoms with Crippen LogP contribution in [0.5, 0.6) is 0 Å². The standard InChI is InChI=1S/C48H31N3/c1-2-14-34(15-3-1)48-49-44(40-22-12-16-32-13-4-5-17-36(32)40)31-45(50-48)41-30-29-37(38-18-6-7-19-39(38)41)33-25-27-35(28-26-33)51-46-23-10-8-20-42(46)43-21-9-11-24-47(43)51/h1-31H. The number of benzene rings is 8. The van der Waals surface area contributed by atoms with Gasteiger partial charge in [0.2, 0.25) is 0 Å². The molecule has 3 nitrogen and oxygen atoms in total. The summed E-state index contributed by atoms with van der Waals surface area (Å²) in [5.41, 5.74) is 10.9. The van der Waals surface area contributed by atoms with E-state index in [4.69, 9.17) is 9.97 Å². The molecule has 0 N–H and O–H groups in total. The van der Waals surface area contributed by atoms with Crippen molar-refractivity contribution in [3.8, 4) is 50.7 Å². The first-order valence-corrected chi connectivity index (χ1v) is 17.3. The van der Waals surface area contributed by atoms with Gasteiger partial charge in [-0.25, -0.2) is 9.97 Å². The molecule has 10 rings (SSSR count). The van der Waals surface area contributed by atoms with E-state index in [0.29, 0.717) is 5.82 Å². The summed E-state index contributed by atoms with van der Waals surface area (Å²) in [5.74, 6) is 0.713. The molecule has 0 saturated carbocycles. The fraction of sp³-hybridized carbons (Fsp3) is 0. The molecule has 0 atom stereocenters. The molecule has 0 amide bonds. The number of rotatable bonds is 5. The van der Waals surface area contributed by atoms with Crippen molar-refractivity contribution >= 4 is 43.4 Å². The highest BCUT2D eigenvalue weighted by Crippen LogP contribution is 2.39. The number of nitrogens with zero attached hydrogens (tertiary/aromatic N) is 3. The van der Waals surface area contributed by atoms with Gasteiger partial charge in [-0.2, -0.15) is 0 Å². The molecule has 2 aromatic heterocycles. The molecule has 0 spiro atoms. The number of aromatic nitrogens is 3. The largest absolute Gasteiger partial charge is 0.309 e. The van der Waals surface area contributed by atoms with Crippen molar-refractivity contribution < 1.29 is 0 Å². The Morgan fingerprint density at radius 2 is 0.843 bits per heavy atom. The van der Waals surface area contributed by atoms with Crippen molar-refractivity contribution in [3.63, 3.8) is 0 Å². The van der Waals surface area contributed by atoms with Crippen LogP contribution in [0.25, 0.3) is 94.1 Å². The van der Waals surface area contributed by atoms with E-state index in [-0.39, 0.29) is 0 Å². The third-order valence-electron chi connectivity index (χ3n) is 10.0. The third kappa shape index (κ3) is 4.90. The highest BCUT2D eigenvalue weighted by atomic mass is 15.0. The Kier molecular flexibility index (Phi) is 6.81. The van der Waals surface area contributed by atoms with Crippen molar-refractivity contribution in [1.82, 2.24) is 14.5 Å². The summed E-state index contributed by atoms with van der Waals surface area (Å²) in [6, 6.07) is 66.8. The van der Waals surface area contributed by atoms with Gasteiger partial charge in [-0.1, -0.05) is 158 Å². The SMILES string of the molecule is c1ccc(-c2nc(-c3cccc4ccccc34)cc(-c3ccc(-c4ccc(-n5c6ccccc6c6ccccc65)cc4)c4ccccc34)n2)cc1. The Hall–Kier alpha value is -6.84. The Balaban J connectivity index is 1.12. The summed E-state index contributed by atoms with van der Waals surface area (Å²) < 4.78 is 2.36. The second-order valence-corrected chi connectivity index (χ2v) is 13.0. The zero-order chi connectivity index (χ0) is 33.7. The summed E-state index contributed by atoms with van der Waals surface area (Å²) in [6.07, 6.45) is 0. The highest BCUT2D eigenvalue weighted by Gasteiger charge is 2.17. The van der Waals surface area contributed by atoms with Crippen molar-refractivity contribution in [1.29, 1.82) is 0 Å². The molecule has 8 aromatic carbocycles. The Bertz CT molecular complexity index is 2840. The third-order valence-corrected chi connectivity index (χ3v) is 10.0. The summed E-state index contributed by atoms with van der Waals surface area (Å²) in [4.78, 5) is 10.4. The van der Waals surface area contributed by atoms with E-state index in [0.717, 1.165) is 39.2 Å². The smallest absolute Gasteiger partial charge is 0.160 e. The minimum atomic E-state index is 0.713. The van der Waals surface area contributed by atoms with Crippen molar-refractivity contribution in [2.24, 2.45) is 0 Å². The van der Waals surface area contributed by atoms with Gasteiger partial charge in [-0.3, -0.25) is 0 Å². The summed E-state index contributed by atoms with van der Waals surface area (Å²) in [7, 11) is 0. The maximum Gasteiger partial charge on any atom is 0.160 e. The van der Waals surface area contributed by atoms with E-state index in [2.05, 4.69) is 174 Å². The molecule has 0 fully saturated rings. The zero-order valence-corrected chi connectivity index (χ0v) is 27.7. The van der Waals surface area contributed by atoms with E-state index in [1.54, 1.807) is 0 Å². The fourth-order valence-corrected chi connectivity index (χ4v) is 7.65. The lowest BCUT2D eigenvalue weighted by atomic mass is 9.93. The predicted molar refractivity (Wildman–Crippen MR) is 213 cm³/mol. The molecular weight excluding hydrogens is 619 g/mol. The van der Waals surface area contributed by atoms with Crippen LogP contribution in [0.15, 0.2) is 188 Å². The molecule has 0 unspecified atom stereocenters. The highest BCUT2D eigenvalue weighted by molar-refractivity contribution is 6.09. The average molecular weight is 650 g/mol. The summed E-state index contributed by atoms with van der Waals surface area (Å²) >= 11 is 0. The van der Waals surface area contributed by atoms with Gasteiger partial charge in [0.05, 0.1) is 22.4 Å². The van der Waals surface area contributed by atoms with Crippen molar-refractivity contribution in [2.75, 3.05) is 0 Å². The van der Waals surface area contributed by atoms with Crippen LogP contribution in [-0.4, -0.2) is 14.5 Å². The Morgan fingerprint density at radius 3 is 1.53 bits per heavy atom. The maximum absolute atomic E-state index is 5.21. The van der Waals surface area contributed by atoms with Crippen LogP contribution in [0.3, 0.4) is 0 Å². The zero-order valence-electron chi connectivity index (χ0n) is 27.7. The Labute approximate surface area is 295 Å². The quantitative estimate of drug-likeness (QED) is 0.186. The lowest BCUT2D eigenvalue weighted by molar-refractivity contribution is 1.18. The average Bonchev–Trinajstić information content (AvgIpc) is 3.55. The van der Waals surface area contributed by atoms with E-state index in [9.17, 15) is 0 Å². The van der Waals surface area contributed by atoms with Gasteiger partial charge >= 0.3 is 0 Å². The summed E-state index contributed by atoms with van der Waals surface area (Å²) in [6.45, 7) is 0. The normalized spacial score (nSPS) is 11.5. The van der Waals surface area contributed by atoms with Gasteiger partial charge in [0.15, 0.2) is 5.82 Å². The van der Waals surface area contributed by atoms with Gasteiger partial charge in [0.25, 0.3) is 0 Å². The molecule has 0 saturated heterocycles. The molecular formula is C48H31N3. The molecule has 10 aromatic rings. The van der Waals surface area contributed by atoms with Gasteiger partial charge in [0.1, 0.15) is 0 Å². The molecule has 0 aliphatic rings. The van der Waals surface area contributed by atoms with E-state index in [1.165, 1.54) is 49.1 Å². The molecule has 0 radical (unpaired) electrons. The van der Waals surface area contributed by atoms with E-state index < -0.39 is 0 Å².